The molecule has 0 spiro atoms. The minimum atomic E-state index is -1.43. The Morgan fingerprint density at radius 3 is 1.58 bits per heavy atom. The lowest BCUT2D eigenvalue weighted by atomic mass is 9.84. The summed E-state index contributed by atoms with van der Waals surface area (Å²) in [5.41, 5.74) is 0. The van der Waals surface area contributed by atoms with Gasteiger partial charge in [-0.1, -0.05) is 6.08 Å². The van der Waals surface area contributed by atoms with Crippen molar-refractivity contribution in [2.24, 2.45) is 5.92 Å². The number of esters is 6. The molecule has 0 aromatic heterocycles. The van der Waals surface area contributed by atoms with Crippen LogP contribution in [-0.2, 0) is 66.7 Å². The smallest absolute Gasteiger partial charge is 0.304 e. The van der Waals surface area contributed by atoms with E-state index in [-0.39, 0.29) is 6.61 Å². The van der Waals surface area contributed by atoms with Crippen molar-refractivity contribution in [1.82, 2.24) is 0 Å². The molecular formula is C24H32O14. The van der Waals surface area contributed by atoms with Crippen molar-refractivity contribution < 1.29 is 66.7 Å². The minimum Gasteiger partial charge on any atom is -0.463 e. The topological polar surface area (TPSA) is 176 Å². The zero-order valence-corrected chi connectivity index (χ0v) is 21.9. The first kappa shape index (κ1) is 30.7. The van der Waals surface area contributed by atoms with Crippen molar-refractivity contribution >= 4 is 35.8 Å². The third-order valence-electron chi connectivity index (χ3n) is 5.35. The van der Waals surface area contributed by atoms with Gasteiger partial charge in [-0.3, -0.25) is 28.8 Å². The van der Waals surface area contributed by atoms with Crippen LogP contribution >= 0.6 is 0 Å². The molecule has 1 saturated heterocycles. The highest BCUT2D eigenvalue weighted by atomic mass is 16.7. The van der Waals surface area contributed by atoms with Gasteiger partial charge in [0, 0.05) is 41.5 Å². The Labute approximate surface area is 218 Å². The quantitative estimate of drug-likeness (QED) is 0.217. The summed E-state index contributed by atoms with van der Waals surface area (Å²) in [6.45, 7) is 6.18. The van der Waals surface area contributed by atoms with Crippen molar-refractivity contribution in [2.45, 2.75) is 84.5 Å². The van der Waals surface area contributed by atoms with E-state index in [1.54, 1.807) is 0 Å². The Morgan fingerprint density at radius 1 is 0.579 bits per heavy atom. The SMILES string of the molecule is CC(=O)OC[C@H]1OC(OC(C)=O)[C@H]([C@@H]2C=C[C@@H](OC(C)=O)[C@@H](COC(C)=O)O2)[C@@H](OC(C)=O)[C@H]1OC(C)=O. The highest BCUT2D eigenvalue weighted by Gasteiger charge is 2.55. The van der Waals surface area contributed by atoms with E-state index in [2.05, 4.69) is 0 Å². The molecule has 0 aromatic carbocycles. The van der Waals surface area contributed by atoms with Gasteiger partial charge < -0.3 is 37.9 Å². The van der Waals surface area contributed by atoms with Crippen molar-refractivity contribution in [2.75, 3.05) is 13.2 Å². The molecule has 1 fully saturated rings. The molecule has 0 aromatic rings. The third-order valence-corrected chi connectivity index (χ3v) is 5.35. The van der Waals surface area contributed by atoms with Crippen LogP contribution in [0.2, 0.25) is 0 Å². The fourth-order valence-corrected chi connectivity index (χ4v) is 4.07. The van der Waals surface area contributed by atoms with Gasteiger partial charge in [-0.15, -0.1) is 0 Å². The maximum Gasteiger partial charge on any atom is 0.304 e. The summed E-state index contributed by atoms with van der Waals surface area (Å²) in [6.07, 6.45) is -5.28. The standard InChI is InChI=1S/C24H32O14/c1-11(25)31-9-19-17(33-13(3)27)7-8-18(37-19)21-23(35-15(5)29)22(34-14(4)28)20(10-32-12(2)26)38-24(21)36-16(6)30/h7-8,17-24H,9-10H2,1-6H3/t17-,18+,19-,20-,21-,22+,23-,24?/m1/s1. The number of rotatable bonds is 9. The molecule has 0 aliphatic carbocycles. The summed E-state index contributed by atoms with van der Waals surface area (Å²) in [5, 5.41) is 0. The molecule has 0 bridgehead atoms. The van der Waals surface area contributed by atoms with E-state index in [0.717, 1.165) is 27.7 Å². The van der Waals surface area contributed by atoms with E-state index < -0.39 is 91.3 Å². The van der Waals surface area contributed by atoms with Crippen LogP contribution in [0.4, 0.5) is 0 Å². The summed E-state index contributed by atoms with van der Waals surface area (Å²) in [5.74, 6) is -5.29. The van der Waals surface area contributed by atoms with Gasteiger partial charge in [0.25, 0.3) is 0 Å². The van der Waals surface area contributed by atoms with Crippen LogP contribution < -0.4 is 0 Å². The average molecular weight is 545 g/mol. The molecule has 0 radical (unpaired) electrons. The first-order valence-corrected chi connectivity index (χ1v) is 11.7. The number of hydrogen-bond donors (Lipinski definition) is 0. The molecule has 2 rings (SSSR count). The average Bonchev–Trinajstić information content (AvgIpc) is 2.77. The van der Waals surface area contributed by atoms with Crippen LogP contribution in [-0.4, -0.2) is 91.9 Å². The number of carbonyl (C=O) groups is 6. The molecule has 0 saturated carbocycles. The summed E-state index contributed by atoms with van der Waals surface area (Å²) in [7, 11) is 0. The molecule has 2 aliphatic rings. The molecule has 0 amide bonds. The van der Waals surface area contributed by atoms with E-state index in [4.69, 9.17) is 37.9 Å². The zero-order valence-electron chi connectivity index (χ0n) is 21.9. The molecule has 14 nitrogen and oxygen atoms in total. The molecule has 8 atom stereocenters. The monoisotopic (exact) mass is 544 g/mol. The molecule has 2 heterocycles. The van der Waals surface area contributed by atoms with Crippen molar-refractivity contribution in [1.29, 1.82) is 0 Å². The van der Waals surface area contributed by atoms with Gasteiger partial charge >= 0.3 is 35.8 Å². The van der Waals surface area contributed by atoms with Crippen molar-refractivity contribution in [3.05, 3.63) is 12.2 Å². The van der Waals surface area contributed by atoms with Crippen LogP contribution in [0, 0.1) is 5.92 Å². The van der Waals surface area contributed by atoms with E-state index in [0.29, 0.717) is 0 Å². The van der Waals surface area contributed by atoms with E-state index in [1.165, 1.54) is 26.0 Å². The van der Waals surface area contributed by atoms with Gasteiger partial charge in [-0.05, 0) is 6.08 Å². The Kier molecular flexibility index (Phi) is 11.2. The molecule has 38 heavy (non-hydrogen) atoms. The summed E-state index contributed by atoms with van der Waals surface area (Å²) in [6, 6.07) is 0. The van der Waals surface area contributed by atoms with E-state index >= 15 is 0 Å². The normalized spacial score (nSPS) is 30.4. The molecule has 2 aliphatic heterocycles. The fraction of sp³-hybridized carbons (Fsp3) is 0.667. The third kappa shape index (κ3) is 9.10. The second kappa shape index (κ2) is 13.9. The predicted molar refractivity (Wildman–Crippen MR) is 122 cm³/mol. The zero-order chi connectivity index (χ0) is 28.6. The summed E-state index contributed by atoms with van der Waals surface area (Å²) in [4.78, 5) is 70.5. The molecule has 212 valence electrons. The van der Waals surface area contributed by atoms with Gasteiger partial charge in [0.05, 0.1) is 12.0 Å². The maximum atomic E-state index is 12.1. The van der Waals surface area contributed by atoms with Crippen LogP contribution in [0.5, 0.6) is 0 Å². The van der Waals surface area contributed by atoms with Crippen LogP contribution in [0.25, 0.3) is 0 Å². The maximum absolute atomic E-state index is 12.1. The van der Waals surface area contributed by atoms with Crippen molar-refractivity contribution in [3.8, 4) is 0 Å². The Balaban J connectivity index is 2.53. The Morgan fingerprint density at radius 2 is 1.08 bits per heavy atom. The van der Waals surface area contributed by atoms with Crippen molar-refractivity contribution in [3.63, 3.8) is 0 Å². The number of hydrogen-bond acceptors (Lipinski definition) is 14. The van der Waals surface area contributed by atoms with Gasteiger partial charge in [-0.2, -0.15) is 0 Å². The van der Waals surface area contributed by atoms with Gasteiger partial charge in [-0.25, -0.2) is 0 Å². The summed E-state index contributed by atoms with van der Waals surface area (Å²) < 4.78 is 43.6. The van der Waals surface area contributed by atoms with Gasteiger partial charge in [0.2, 0.25) is 6.29 Å². The largest absolute Gasteiger partial charge is 0.463 e. The van der Waals surface area contributed by atoms with Gasteiger partial charge in [0.1, 0.15) is 31.5 Å². The second-order valence-electron chi connectivity index (χ2n) is 8.58. The predicted octanol–water partition coefficient (Wildman–Crippen LogP) is 0.136. The number of ether oxygens (including phenoxy) is 8. The van der Waals surface area contributed by atoms with Crippen LogP contribution in [0.3, 0.4) is 0 Å². The lowest BCUT2D eigenvalue weighted by Gasteiger charge is -2.47. The fourth-order valence-electron chi connectivity index (χ4n) is 4.07. The highest BCUT2D eigenvalue weighted by molar-refractivity contribution is 5.68. The first-order chi connectivity index (χ1) is 17.8. The Bertz CT molecular complexity index is 942. The van der Waals surface area contributed by atoms with Crippen LogP contribution in [0.1, 0.15) is 41.5 Å². The highest BCUT2D eigenvalue weighted by Crippen LogP contribution is 2.37. The lowest BCUT2D eigenvalue weighted by molar-refractivity contribution is -0.299. The minimum absolute atomic E-state index is 0.305. The van der Waals surface area contributed by atoms with E-state index in [1.807, 2.05) is 0 Å². The lowest BCUT2D eigenvalue weighted by Crippen LogP contribution is -2.63. The molecule has 0 N–H and O–H groups in total. The first-order valence-electron chi connectivity index (χ1n) is 11.7. The molecule has 14 heteroatoms. The second-order valence-corrected chi connectivity index (χ2v) is 8.58. The molecule has 1 unspecified atom stereocenters. The summed E-state index contributed by atoms with van der Waals surface area (Å²) >= 11 is 0. The van der Waals surface area contributed by atoms with Crippen LogP contribution in [0.15, 0.2) is 12.2 Å². The Hall–Kier alpha value is -3.52. The van der Waals surface area contributed by atoms with Gasteiger partial charge in [0.15, 0.2) is 12.2 Å². The molecular weight excluding hydrogens is 512 g/mol. The van der Waals surface area contributed by atoms with E-state index in [9.17, 15) is 28.8 Å². The number of carbonyl (C=O) groups excluding carboxylic acids is 6.